The molecular weight excluding hydrogens is 488 g/mol. The number of esters is 1. The van der Waals surface area contributed by atoms with Crippen LogP contribution in [0.2, 0.25) is 0 Å². The summed E-state index contributed by atoms with van der Waals surface area (Å²) in [5, 5.41) is 2.75. The van der Waals surface area contributed by atoms with Crippen LogP contribution in [0.5, 0.6) is 0 Å². The zero-order valence-electron chi connectivity index (χ0n) is 18.5. The quantitative estimate of drug-likeness (QED) is 0.468. The lowest BCUT2D eigenvalue weighted by atomic mass is 9.81. The van der Waals surface area contributed by atoms with Crippen LogP contribution in [0, 0.1) is 25.7 Å². The molecule has 1 saturated heterocycles. The molecular formula is C25H25BrN2O5. The van der Waals surface area contributed by atoms with Gasteiger partial charge in [0.25, 0.3) is 5.91 Å². The Kier molecular flexibility index (Phi) is 6.65. The molecule has 1 heterocycles. The Morgan fingerprint density at radius 2 is 1.70 bits per heavy atom. The molecule has 2 atom stereocenters. The number of carbonyl (C=O) groups is 4. The SMILES string of the molecule is Cc1cc(NC(=O)COC(=O)c2cccc(N3C(=O)[C@@H]4CCCC[C@H]4C3=O)c2)c(C)cc1Br. The van der Waals surface area contributed by atoms with E-state index in [2.05, 4.69) is 21.2 Å². The number of hydrogen-bond donors (Lipinski definition) is 1. The van der Waals surface area contributed by atoms with Crippen LogP contribution >= 0.6 is 15.9 Å². The highest BCUT2D eigenvalue weighted by Gasteiger charge is 2.48. The Hall–Kier alpha value is -3.00. The zero-order valence-corrected chi connectivity index (χ0v) is 20.1. The van der Waals surface area contributed by atoms with Gasteiger partial charge in [0.15, 0.2) is 6.61 Å². The molecule has 2 fully saturated rings. The van der Waals surface area contributed by atoms with Crippen molar-refractivity contribution in [1.29, 1.82) is 0 Å². The van der Waals surface area contributed by atoms with Crippen molar-refractivity contribution in [1.82, 2.24) is 0 Å². The molecule has 3 amide bonds. The molecule has 172 valence electrons. The Morgan fingerprint density at radius 1 is 1.03 bits per heavy atom. The smallest absolute Gasteiger partial charge is 0.338 e. The largest absolute Gasteiger partial charge is 0.452 e. The Balaban J connectivity index is 1.41. The molecule has 0 aromatic heterocycles. The summed E-state index contributed by atoms with van der Waals surface area (Å²) >= 11 is 3.45. The van der Waals surface area contributed by atoms with E-state index < -0.39 is 18.5 Å². The first-order valence-electron chi connectivity index (χ1n) is 11.0. The Bertz CT molecular complexity index is 1120. The second kappa shape index (κ2) is 9.47. The second-order valence-corrected chi connectivity index (χ2v) is 9.45. The van der Waals surface area contributed by atoms with Crippen LogP contribution < -0.4 is 10.2 Å². The number of aryl methyl sites for hydroxylation is 2. The van der Waals surface area contributed by atoms with Gasteiger partial charge in [0.2, 0.25) is 11.8 Å². The molecule has 0 spiro atoms. The first-order valence-corrected chi connectivity index (χ1v) is 11.8. The van der Waals surface area contributed by atoms with E-state index in [1.165, 1.54) is 17.0 Å². The van der Waals surface area contributed by atoms with Crippen LogP contribution in [0.15, 0.2) is 40.9 Å². The fourth-order valence-corrected chi connectivity index (χ4v) is 4.96. The third-order valence-electron chi connectivity index (χ3n) is 6.30. The lowest BCUT2D eigenvalue weighted by molar-refractivity contribution is -0.122. The summed E-state index contributed by atoms with van der Waals surface area (Å²) < 4.78 is 6.12. The van der Waals surface area contributed by atoms with E-state index in [9.17, 15) is 19.2 Å². The lowest BCUT2D eigenvalue weighted by Gasteiger charge is -2.19. The van der Waals surface area contributed by atoms with Gasteiger partial charge >= 0.3 is 5.97 Å². The van der Waals surface area contributed by atoms with Gasteiger partial charge in [-0.1, -0.05) is 34.8 Å². The molecule has 33 heavy (non-hydrogen) atoms. The molecule has 7 nitrogen and oxygen atoms in total. The Labute approximate surface area is 200 Å². The van der Waals surface area contributed by atoms with Gasteiger partial charge in [-0.25, -0.2) is 4.79 Å². The standard InChI is InChI=1S/C25H25BrN2O5/c1-14-11-21(15(2)10-20(14)26)27-22(29)13-33-25(32)16-6-5-7-17(12-16)28-23(30)18-8-3-4-9-19(18)24(28)31/h5-7,10-12,18-19H,3-4,8-9,13H2,1-2H3,(H,27,29)/t18-,19-/m1/s1. The maximum absolute atomic E-state index is 12.8. The fourth-order valence-electron chi connectivity index (χ4n) is 4.51. The number of amides is 3. The van der Waals surface area contributed by atoms with E-state index in [0.29, 0.717) is 11.4 Å². The zero-order chi connectivity index (χ0) is 23.7. The van der Waals surface area contributed by atoms with Gasteiger partial charge in [-0.15, -0.1) is 0 Å². The molecule has 4 rings (SSSR count). The minimum Gasteiger partial charge on any atom is -0.452 e. The summed E-state index contributed by atoms with van der Waals surface area (Å²) in [5.74, 6) is -2.09. The summed E-state index contributed by atoms with van der Waals surface area (Å²) in [6, 6.07) is 9.97. The second-order valence-electron chi connectivity index (χ2n) is 8.60. The number of halogens is 1. The topological polar surface area (TPSA) is 92.8 Å². The van der Waals surface area contributed by atoms with Gasteiger partial charge in [0.05, 0.1) is 23.1 Å². The van der Waals surface area contributed by atoms with Gasteiger partial charge in [-0.05, 0) is 68.1 Å². The number of nitrogens with one attached hydrogen (secondary N) is 1. The Morgan fingerprint density at radius 3 is 2.36 bits per heavy atom. The summed E-state index contributed by atoms with van der Waals surface area (Å²) in [4.78, 5) is 51.7. The number of benzene rings is 2. The van der Waals surface area contributed by atoms with E-state index >= 15 is 0 Å². The van der Waals surface area contributed by atoms with Gasteiger partial charge in [-0.2, -0.15) is 0 Å². The number of ether oxygens (including phenoxy) is 1. The first-order chi connectivity index (χ1) is 15.8. The van der Waals surface area contributed by atoms with Crippen molar-refractivity contribution >= 4 is 51.0 Å². The van der Waals surface area contributed by atoms with Gasteiger partial charge in [0, 0.05) is 10.2 Å². The van der Waals surface area contributed by atoms with E-state index in [1.54, 1.807) is 12.1 Å². The average Bonchev–Trinajstić information content (AvgIpc) is 3.06. The van der Waals surface area contributed by atoms with Crippen molar-refractivity contribution in [2.45, 2.75) is 39.5 Å². The minimum atomic E-state index is -0.702. The molecule has 0 radical (unpaired) electrons. The monoisotopic (exact) mass is 512 g/mol. The normalized spacial score (nSPS) is 19.9. The molecule has 1 aliphatic heterocycles. The number of imide groups is 1. The van der Waals surface area contributed by atoms with Crippen LogP contribution in [0.4, 0.5) is 11.4 Å². The summed E-state index contributed by atoms with van der Waals surface area (Å²) in [7, 11) is 0. The highest BCUT2D eigenvalue weighted by Crippen LogP contribution is 2.40. The predicted molar refractivity (Wildman–Crippen MR) is 127 cm³/mol. The first kappa shape index (κ1) is 23.2. The fraction of sp³-hybridized carbons (Fsp3) is 0.360. The average molecular weight is 513 g/mol. The molecule has 8 heteroatoms. The molecule has 1 saturated carbocycles. The number of hydrogen-bond acceptors (Lipinski definition) is 5. The maximum Gasteiger partial charge on any atom is 0.338 e. The van der Waals surface area contributed by atoms with Crippen molar-refractivity contribution in [2.75, 3.05) is 16.8 Å². The van der Waals surface area contributed by atoms with E-state index in [4.69, 9.17) is 4.74 Å². The predicted octanol–water partition coefficient (Wildman–Crippen LogP) is 4.54. The summed E-state index contributed by atoms with van der Waals surface area (Å²) in [6.07, 6.45) is 3.34. The van der Waals surface area contributed by atoms with Crippen LogP contribution in [-0.4, -0.2) is 30.3 Å². The van der Waals surface area contributed by atoms with Crippen LogP contribution in [-0.2, 0) is 19.1 Å². The molecule has 0 unspecified atom stereocenters. The molecule has 1 N–H and O–H groups in total. The van der Waals surface area contributed by atoms with Crippen molar-refractivity contribution < 1.29 is 23.9 Å². The molecule has 1 aliphatic carbocycles. The van der Waals surface area contributed by atoms with Crippen LogP contribution in [0.3, 0.4) is 0 Å². The van der Waals surface area contributed by atoms with Crippen molar-refractivity contribution in [3.8, 4) is 0 Å². The van der Waals surface area contributed by atoms with Gasteiger partial charge < -0.3 is 10.1 Å². The van der Waals surface area contributed by atoms with Crippen molar-refractivity contribution in [2.24, 2.45) is 11.8 Å². The summed E-state index contributed by atoms with van der Waals surface area (Å²) in [6.45, 7) is 3.33. The number of nitrogens with zero attached hydrogens (tertiary/aromatic N) is 1. The van der Waals surface area contributed by atoms with Crippen LogP contribution in [0.25, 0.3) is 0 Å². The van der Waals surface area contributed by atoms with E-state index in [0.717, 1.165) is 41.3 Å². The van der Waals surface area contributed by atoms with E-state index in [-0.39, 0.29) is 29.2 Å². The molecule has 2 aliphatic rings. The third kappa shape index (κ3) is 4.71. The van der Waals surface area contributed by atoms with Gasteiger partial charge in [-0.3, -0.25) is 19.3 Å². The molecule has 0 bridgehead atoms. The molecule has 2 aromatic carbocycles. The van der Waals surface area contributed by atoms with Gasteiger partial charge in [0.1, 0.15) is 0 Å². The van der Waals surface area contributed by atoms with Crippen molar-refractivity contribution in [3.05, 3.63) is 57.6 Å². The number of anilines is 2. The highest BCUT2D eigenvalue weighted by atomic mass is 79.9. The maximum atomic E-state index is 12.8. The number of carbonyl (C=O) groups excluding carboxylic acids is 4. The summed E-state index contributed by atoms with van der Waals surface area (Å²) in [5.41, 5.74) is 3.02. The van der Waals surface area contributed by atoms with Crippen LogP contribution in [0.1, 0.15) is 47.2 Å². The number of fused-ring (bicyclic) bond motifs is 1. The minimum absolute atomic E-state index is 0.173. The van der Waals surface area contributed by atoms with Crippen molar-refractivity contribution in [3.63, 3.8) is 0 Å². The highest BCUT2D eigenvalue weighted by molar-refractivity contribution is 9.10. The molecule has 2 aromatic rings. The lowest BCUT2D eigenvalue weighted by Crippen LogP contribution is -2.31. The van der Waals surface area contributed by atoms with E-state index in [1.807, 2.05) is 26.0 Å². The third-order valence-corrected chi connectivity index (χ3v) is 7.15. The number of rotatable bonds is 5.